The number of allylic oxidation sites excluding steroid dienone is 1. The maximum atomic E-state index is 13.4. The summed E-state index contributed by atoms with van der Waals surface area (Å²) in [6.07, 6.45) is 3.29. The van der Waals surface area contributed by atoms with E-state index in [9.17, 15) is 4.79 Å². The molecule has 5 rings (SSSR count). The summed E-state index contributed by atoms with van der Waals surface area (Å²) in [7, 11) is 0. The summed E-state index contributed by atoms with van der Waals surface area (Å²) >= 11 is 5.12. The van der Waals surface area contributed by atoms with Crippen molar-refractivity contribution >= 4 is 44.8 Å². The maximum Gasteiger partial charge on any atom is 0.255 e. The number of pyridine rings is 1. The van der Waals surface area contributed by atoms with Crippen LogP contribution in [0.5, 0.6) is 0 Å². The average molecular weight is 493 g/mol. The fourth-order valence-corrected chi connectivity index (χ4v) is 4.64. The number of fused-ring (bicyclic) bond motifs is 1. The minimum atomic E-state index is -0.438. The largest absolute Gasteiger partial charge is 0.328 e. The Morgan fingerprint density at radius 1 is 1.23 bits per heavy atom. The van der Waals surface area contributed by atoms with E-state index in [-0.39, 0.29) is 5.91 Å². The third-order valence-corrected chi connectivity index (χ3v) is 6.28. The standard InChI is InChI=1S/C22H17BrN6OS/c1-13-18(21(30)26-16-7-3-9-24-12-16)19(14-5-2-6-15(23)11-14)29-22(25-13)27-20(28-29)17-8-4-10-31-17/h2-12,19H,1H3,(H,26,30)(H,25,27,28)/t19-/m0/s1. The highest BCUT2D eigenvalue weighted by Gasteiger charge is 2.34. The number of carbonyl (C=O) groups excluding carboxylic acids is 1. The van der Waals surface area contributed by atoms with E-state index in [1.165, 1.54) is 0 Å². The highest BCUT2D eigenvalue weighted by molar-refractivity contribution is 9.10. The molecule has 0 saturated heterocycles. The van der Waals surface area contributed by atoms with Crippen molar-refractivity contribution in [2.24, 2.45) is 0 Å². The van der Waals surface area contributed by atoms with Crippen LogP contribution in [0.3, 0.4) is 0 Å². The molecule has 154 valence electrons. The summed E-state index contributed by atoms with van der Waals surface area (Å²) in [5, 5.41) is 13.0. The Morgan fingerprint density at radius 2 is 2.13 bits per heavy atom. The minimum absolute atomic E-state index is 0.221. The van der Waals surface area contributed by atoms with Gasteiger partial charge in [0.05, 0.1) is 22.3 Å². The predicted molar refractivity (Wildman–Crippen MR) is 125 cm³/mol. The first kappa shape index (κ1) is 19.7. The molecule has 0 bridgehead atoms. The molecule has 2 N–H and O–H groups in total. The SMILES string of the molecule is CC1=C(C(=O)Nc2cccnc2)[C@H](c2cccc(Br)c2)n2nc(-c3cccs3)nc2N1. The zero-order valence-corrected chi connectivity index (χ0v) is 18.8. The van der Waals surface area contributed by atoms with Gasteiger partial charge in [0.25, 0.3) is 5.91 Å². The van der Waals surface area contributed by atoms with Gasteiger partial charge in [-0.2, -0.15) is 4.98 Å². The lowest BCUT2D eigenvalue weighted by molar-refractivity contribution is -0.113. The van der Waals surface area contributed by atoms with Crippen LogP contribution in [0.2, 0.25) is 0 Å². The monoisotopic (exact) mass is 492 g/mol. The number of amides is 1. The average Bonchev–Trinajstić information content (AvgIpc) is 3.43. The number of thiophene rings is 1. The Labute approximate surface area is 191 Å². The van der Waals surface area contributed by atoms with Gasteiger partial charge in [0.15, 0.2) is 5.82 Å². The van der Waals surface area contributed by atoms with E-state index < -0.39 is 6.04 Å². The molecule has 31 heavy (non-hydrogen) atoms. The second-order valence-corrected chi connectivity index (χ2v) is 8.86. The van der Waals surface area contributed by atoms with E-state index in [0.29, 0.717) is 23.0 Å². The van der Waals surface area contributed by atoms with Gasteiger partial charge >= 0.3 is 0 Å². The lowest BCUT2D eigenvalue weighted by Crippen LogP contribution is -2.31. The second kappa shape index (κ2) is 8.09. The summed E-state index contributed by atoms with van der Waals surface area (Å²) in [5.74, 6) is 1.00. The summed E-state index contributed by atoms with van der Waals surface area (Å²) in [4.78, 5) is 23.1. The third-order valence-electron chi connectivity index (χ3n) is 4.92. The first-order chi connectivity index (χ1) is 15.1. The fourth-order valence-electron chi connectivity index (χ4n) is 3.58. The molecule has 9 heteroatoms. The molecule has 0 aliphatic carbocycles. The molecule has 7 nitrogen and oxygen atoms in total. The maximum absolute atomic E-state index is 13.4. The van der Waals surface area contributed by atoms with Gasteiger partial charge in [-0.3, -0.25) is 9.78 Å². The zero-order chi connectivity index (χ0) is 21.4. The van der Waals surface area contributed by atoms with Crippen molar-refractivity contribution in [2.45, 2.75) is 13.0 Å². The van der Waals surface area contributed by atoms with Crippen LogP contribution in [0.4, 0.5) is 11.6 Å². The van der Waals surface area contributed by atoms with E-state index in [1.54, 1.807) is 40.5 Å². The summed E-state index contributed by atoms with van der Waals surface area (Å²) < 4.78 is 2.70. The molecule has 0 fully saturated rings. The Morgan fingerprint density at radius 3 is 2.87 bits per heavy atom. The number of aromatic nitrogens is 4. The molecular formula is C22H17BrN6OS. The minimum Gasteiger partial charge on any atom is -0.328 e. The number of hydrogen-bond donors (Lipinski definition) is 2. The Balaban J connectivity index is 1.62. The van der Waals surface area contributed by atoms with Crippen LogP contribution in [0, 0.1) is 0 Å². The molecular weight excluding hydrogens is 476 g/mol. The van der Waals surface area contributed by atoms with Crippen molar-refractivity contribution in [3.63, 3.8) is 0 Å². The van der Waals surface area contributed by atoms with Crippen molar-refractivity contribution in [2.75, 3.05) is 10.6 Å². The van der Waals surface area contributed by atoms with E-state index in [4.69, 9.17) is 5.10 Å². The Bertz CT molecular complexity index is 1280. The highest BCUT2D eigenvalue weighted by Crippen LogP contribution is 2.37. The lowest BCUT2D eigenvalue weighted by atomic mass is 9.95. The van der Waals surface area contributed by atoms with E-state index in [1.807, 2.05) is 48.7 Å². The molecule has 0 radical (unpaired) electrons. The second-order valence-electron chi connectivity index (χ2n) is 7.00. The molecule has 1 atom stereocenters. The van der Waals surface area contributed by atoms with Crippen molar-refractivity contribution in [3.05, 3.63) is 87.6 Å². The van der Waals surface area contributed by atoms with Gasteiger partial charge in [-0.25, -0.2) is 4.68 Å². The predicted octanol–water partition coefficient (Wildman–Crippen LogP) is 5.09. The topological polar surface area (TPSA) is 84.7 Å². The first-order valence-corrected chi connectivity index (χ1v) is 11.2. The number of anilines is 2. The number of rotatable bonds is 4. The van der Waals surface area contributed by atoms with Crippen LogP contribution in [0.15, 0.2) is 82.0 Å². The molecule has 1 aliphatic heterocycles. The molecule has 1 amide bonds. The number of nitrogens with one attached hydrogen (secondary N) is 2. The molecule has 0 saturated carbocycles. The van der Waals surface area contributed by atoms with Crippen LogP contribution in [-0.2, 0) is 4.79 Å². The first-order valence-electron chi connectivity index (χ1n) is 9.55. The van der Waals surface area contributed by atoms with Crippen LogP contribution >= 0.6 is 27.3 Å². The zero-order valence-electron chi connectivity index (χ0n) is 16.4. The summed E-state index contributed by atoms with van der Waals surface area (Å²) in [5.41, 5.74) is 2.85. The summed E-state index contributed by atoms with van der Waals surface area (Å²) in [6.45, 7) is 1.88. The van der Waals surface area contributed by atoms with Crippen LogP contribution in [0.1, 0.15) is 18.5 Å². The van der Waals surface area contributed by atoms with Gasteiger partial charge in [0.2, 0.25) is 5.95 Å². The number of hydrogen-bond acceptors (Lipinski definition) is 6. The lowest BCUT2D eigenvalue weighted by Gasteiger charge is -2.28. The molecule has 4 heterocycles. The van der Waals surface area contributed by atoms with Crippen LogP contribution in [-0.4, -0.2) is 25.7 Å². The normalized spacial score (nSPS) is 15.4. The van der Waals surface area contributed by atoms with Gasteiger partial charge in [0, 0.05) is 16.4 Å². The molecule has 1 aromatic carbocycles. The number of halogens is 1. The Kier molecular flexibility index (Phi) is 5.13. The van der Waals surface area contributed by atoms with E-state index in [0.717, 1.165) is 20.6 Å². The number of benzene rings is 1. The van der Waals surface area contributed by atoms with E-state index in [2.05, 4.69) is 36.5 Å². The number of nitrogens with zero attached hydrogens (tertiary/aromatic N) is 4. The van der Waals surface area contributed by atoms with Gasteiger partial charge in [-0.1, -0.05) is 34.1 Å². The van der Waals surface area contributed by atoms with Crippen molar-refractivity contribution in [1.29, 1.82) is 0 Å². The summed E-state index contributed by atoms with van der Waals surface area (Å²) in [6, 6.07) is 15.0. The van der Waals surface area contributed by atoms with Crippen LogP contribution in [0.25, 0.3) is 10.7 Å². The molecule has 4 aromatic rings. The van der Waals surface area contributed by atoms with Gasteiger partial charge < -0.3 is 10.6 Å². The third kappa shape index (κ3) is 3.77. The van der Waals surface area contributed by atoms with Gasteiger partial charge in [0.1, 0.15) is 6.04 Å². The molecule has 1 aliphatic rings. The molecule has 3 aromatic heterocycles. The van der Waals surface area contributed by atoms with Crippen LogP contribution < -0.4 is 10.6 Å². The number of carbonyl (C=O) groups is 1. The smallest absolute Gasteiger partial charge is 0.255 e. The van der Waals surface area contributed by atoms with E-state index >= 15 is 0 Å². The van der Waals surface area contributed by atoms with Crippen molar-refractivity contribution < 1.29 is 4.79 Å². The van der Waals surface area contributed by atoms with Gasteiger partial charge in [-0.05, 0) is 48.2 Å². The highest BCUT2D eigenvalue weighted by atomic mass is 79.9. The quantitative estimate of drug-likeness (QED) is 0.414. The van der Waals surface area contributed by atoms with Crippen molar-refractivity contribution in [3.8, 4) is 10.7 Å². The molecule has 0 spiro atoms. The Hall–Kier alpha value is -3.30. The molecule has 0 unspecified atom stereocenters. The van der Waals surface area contributed by atoms with Gasteiger partial charge in [-0.15, -0.1) is 16.4 Å². The van der Waals surface area contributed by atoms with Crippen molar-refractivity contribution in [1.82, 2.24) is 19.7 Å². The fraction of sp³-hybridized carbons (Fsp3) is 0.0909.